The molecule has 1 fully saturated rings. The summed E-state index contributed by atoms with van der Waals surface area (Å²) in [5.41, 5.74) is 1.08. The number of furan rings is 1. The van der Waals surface area contributed by atoms with Gasteiger partial charge in [-0.1, -0.05) is 64.2 Å². The molecule has 0 N–H and O–H groups in total. The molecule has 1 saturated heterocycles. The zero-order valence-electron chi connectivity index (χ0n) is 13.7. The highest BCUT2D eigenvalue weighted by molar-refractivity contribution is 9.10. The lowest BCUT2D eigenvalue weighted by Gasteiger charge is -2.14. The van der Waals surface area contributed by atoms with Crippen LogP contribution in [0, 0.1) is 5.82 Å². The number of thiocarbonyl (C=S) groups is 1. The third-order valence-electron chi connectivity index (χ3n) is 3.92. The van der Waals surface area contributed by atoms with Crippen LogP contribution in [-0.4, -0.2) is 10.2 Å². The van der Waals surface area contributed by atoms with Crippen LogP contribution in [0.1, 0.15) is 5.76 Å². The van der Waals surface area contributed by atoms with E-state index in [0.717, 1.165) is 21.8 Å². The van der Waals surface area contributed by atoms with E-state index in [1.54, 1.807) is 24.3 Å². The molecule has 7 heteroatoms. The van der Waals surface area contributed by atoms with E-state index in [-0.39, 0.29) is 15.9 Å². The molecule has 4 rings (SSSR count). The first kappa shape index (κ1) is 18.2. The minimum atomic E-state index is -0.495. The number of halogens is 2. The number of carbonyl (C=O) groups excluding carboxylic acids is 1. The van der Waals surface area contributed by atoms with Crippen LogP contribution in [0.3, 0.4) is 0 Å². The SMILES string of the molecule is O=C1/C(=C\c2ccc(-c3ccc(Br)cc3)o2)SC(=S)N1c1ccccc1F. The normalized spacial score (nSPS) is 15.8. The molecule has 2 aromatic carbocycles. The Morgan fingerprint density at radius 2 is 1.81 bits per heavy atom. The Labute approximate surface area is 173 Å². The minimum Gasteiger partial charge on any atom is -0.457 e. The van der Waals surface area contributed by atoms with Crippen molar-refractivity contribution < 1.29 is 13.6 Å². The van der Waals surface area contributed by atoms with Crippen molar-refractivity contribution in [3.63, 3.8) is 0 Å². The van der Waals surface area contributed by atoms with E-state index in [9.17, 15) is 9.18 Å². The summed E-state index contributed by atoms with van der Waals surface area (Å²) >= 11 is 9.79. The van der Waals surface area contributed by atoms with Gasteiger partial charge in [0.1, 0.15) is 17.3 Å². The van der Waals surface area contributed by atoms with Gasteiger partial charge in [-0.15, -0.1) is 0 Å². The maximum absolute atomic E-state index is 14.1. The summed E-state index contributed by atoms with van der Waals surface area (Å²) in [5.74, 6) is 0.363. The summed E-state index contributed by atoms with van der Waals surface area (Å²) in [6, 6.07) is 17.4. The molecule has 0 radical (unpaired) electrons. The fourth-order valence-corrected chi connectivity index (χ4v) is 4.17. The topological polar surface area (TPSA) is 33.5 Å². The van der Waals surface area contributed by atoms with Crippen molar-refractivity contribution in [1.82, 2.24) is 0 Å². The second-order valence-electron chi connectivity index (χ2n) is 5.68. The first-order valence-electron chi connectivity index (χ1n) is 7.91. The molecule has 1 aliphatic rings. The zero-order valence-corrected chi connectivity index (χ0v) is 16.9. The number of carbonyl (C=O) groups is 1. The van der Waals surface area contributed by atoms with Crippen molar-refractivity contribution in [3.8, 4) is 11.3 Å². The van der Waals surface area contributed by atoms with Crippen LogP contribution in [-0.2, 0) is 4.79 Å². The highest BCUT2D eigenvalue weighted by Crippen LogP contribution is 2.37. The van der Waals surface area contributed by atoms with Crippen molar-refractivity contribution in [2.75, 3.05) is 4.90 Å². The molecule has 0 spiro atoms. The predicted molar refractivity (Wildman–Crippen MR) is 114 cm³/mol. The molecule has 3 nitrogen and oxygen atoms in total. The molecule has 1 aliphatic heterocycles. The molecule has 0 atom stereocenters. The Hall–Kier alpha value is -2.22. The lowest BCUT2D eigenvalue weighted by molar-refractivity contribution is -0.113. The summed E-state index contributed by atoms with van der Waals surface area (Å²) in [4.78, 5) is 14.3. The van der Waals surface area contributed by atoms with Gasteiger partial charge < -0.3 is 4.42 Å². The maximum Gasteiger partial charge on any atom is 0.270 e. The zero-order chi connectivity index (χ0) is 19.0. The Balaban J connectivity index is 1.62. The third-order valence-corrected chi connectivity index (χ3v) is 5.75. The van der Waals surface area contributed by atoms with Crippen molar-refractivity contribution in [3.05, 3.63) is 81.6 Å². The monoisotopic (exact) mass is 459 g/mol. The van der Waals surface area contributed by atoms with E-state index in [1.165, 1.54) is 17.0 Å². The number of hydrogen-bond donors (Lipinski definition) is 0. The number of nitrogens with zero attached hydrogens (tertiary/aromatic N) is 1. The molecule has 0 bridgehead atoms. The van der Waals surface area contributed by atoms with Crippen molar-refractivity contribution >= 4 is 61.9 Å². The fraction of sp³-hybridized carbons (Fsp3) is 0. The van der Waals surface area contributed by atoms with Crippen LogP contribution in [0.2, 0.25) is 0 Å². The van der Waals surface area contributed by atoms with Crippen LogP contribution >= 0.6 is 39.9 Å². The molecule has 3 aromatic rings. The predicted octanol–water partition coefficient (Wildman–Crippen LogP) is 6.25. The van der Waals surface area contributed by atoms with Crippen LogP contribution < -0.4 is 4.90 Å². The van der Waals surface area contributed by atoms with Crippen LogP contribution in [0.15, 0.2) is 74.5 Å². The molecule has 0 unspecified atom stereocenters. The standard InChI is InChI=1S/C20H11BrFNO2S2/c21-13-7-5-12(6-8-13)17-10-9-14(25-17)11-18-19(24)23(20(26)27-18)16-4-2-1-3-15(16)22/h1-11H/b18-11+. The van der Waals surface area contributed by atoms with Gasteiger partial charge in [-0.25, -0.2) is 4.39 Å². The van der Waals surface area contributed by atoms with Gasteiger partial charge in [0.25, 0.3) is 5.91 Å². The number of hydrogen-bond acceptors (Lipinski definition) is 4. The summed E-state index contributed by atoms with van der Waals surface area (Å²) in [6.45, 7) is 0. The van der Waals surface area contributed by atoms with Crippen molar-refractivity contribution in [2.45, 2.75) is 0 Å². The molecular weight excluding hydrogens is 449 g/mol. The van der Waals surface area contributed by atoms with E-state index in [2.05, 4.69) is 15.9 Å². The average molecular weight is 460 g/mol. The van der Waals surface area contributed by atoms with Gasteiger partial charge in [-0.3, -0.25) is 9.69 Å². The van der Waals surface area contributed by atoms with Gasteiger partial charge in [0, 0.05) is 16.1 Å². The Morgan fingerprint density at radius 1 is 1.07 bits per heavy atom. The lowest BCUT2D eigenvalue weighted by Crippen LogP contribution is -2.28. The summed E-state index contributed by atoms with van der Waals surface area (Å²) < 4.78 is 21.2. The summed E-state index contributed by atoms with van der Waals surface area (Å²) in [5, 5.41) is 0. The van der Waals surface area contributed by atoms with Crippen LogP contribution in [0.25, 0.3) is 17.4 Å². The molecule has 134 valence electrons. The molecule has 1 aromatic heterocycles. The van der Waals surface area contributed by atoms with Crippen LogP contribution in [0.5, 0.6) is 0 Å². The maximum atomic E-state index is 14.1. The van der Waals surface area contributed by atoms with E-state index < -0.39 is 5.82 Å². The minimum absolute atomic E-state index is 0.151. The highest BCUT2D eigenvalue weighted by Gasteiger charge is 2.34. The van der Waals surface area contributed by atoms with Crippen molar-refractivity contribution in [1.29, 1.82) is 0 Å². The molecule has 27 heavy (non-hydrogen) atoms. The number of rotatable bonds is 3. The number of anilines is 1. The van der Waals surface area contributed by atoms with Gasteiger partial charge in [-0.2, -0.15) is 0 Å². The second kappa shape index (κ2) is 7.42. The Morgan fingerprint density at radius 3 is 2.56 bits per heavy atom. The van der Waals surface area contributed by atoms with Gasteiger partial charge in [0.05, 0.1) is 10.6 Å². The average Bonchev–Trinajstić information content (AvgIpc) is 3.22. The fourth-order valence-electron chi connectivity index (χ4n) is 2.64. The quantitative estimate of drug-likeness (QED) is 0.342. The first-order chi connectivity index (χ1) is 13.0. The summed E-state index contributed by atoms with van der Waals surface area (Å²) in [7, 11) is 0. The number of amides is 1. The van der Waals surface area contributed by atoms with E-state index in [0.29, 0.717) is 16.4 Å². The Bertz CT molecular complexity index is 1080. The van der Waals surface area contributed by atoms with E-state index in [1.807, 2.05) is 30.3 Å². The molecule has 1 amide bonds. The smallest absolute Gasteiger partial charge is 0.270 e. The largest absolute Gasteiger partial charge is 0.457 e. The van der Waals surface area contributed by atoms with Gasteiger partial charge in [0.2, 0.25) is 0 Å². The Kier molecular flexibility index (Phi) is 4.99. The lowest BCUT2D eigenvalue weighted by atomic mass is 10.2. The van der Waals surface area contributed by atoms with E-state index >= 15 is 0 Å². The third kappa shape index (κ3) is 3.63. The number of thioether (sulfide) groups is 1. The van der Waals surface area contributed by atoms with Gasteiger partial charge in [0.15, 0.2) is 4.32 Å². The molecule has 0 saturated carbocycles. The second-order valence-corrected chi connectivity index (χ2v) is 8.27. The number of para-hydroxylation sites is 1. The highest BCUT2D eigenvalue weighted by atomic mass is 79.9. The van der Waals surface area contributed by atoms with Gasteiger partial charge >= 0.3 is 0 Å². The van der Waals surface area contributed by atoms with Gasteiger partial charge in [-0.05, 0) is 36.4 Å². The van der Waals surface area contributed by atoms with Crippen molar-refractivity contribution in [2.24, 2.45) is 0 Å². The summed E-state index contributed by atoms with van der Waals surface area (Å²) in [6.07, 6.45) is 1.63. The van der Waals surface area contributed by atoms with E-state index in [4.69, 9.17) is 16.6 Å². The molecular formula is C20H11BrFNO2S2. The number of benzene rings is 2. The molecule has 2 heterocycles. The van der Waals surface area contributed by atoms with Crippen LogP contribution in [0.4, 0.5) is 10.1 Å². The molecule has 0 aliphatic carbocycles. The first-order valence-corrected chi connectivity index (χ1v) is 9.93.